The van der Waals surface area contributed by atoms with Crippen LogP contribution in [0.3, 0.4) is 0 Å². The maximum absolute atomic E-state index is 12.7. The van der Waals surface area contributed by atoms with Crippen molar-refractivity contribution in [3.05, 3.63) is 48.0 Å². The number of rotatable bonds is 9. The minimum absolute atomic E-state index is 0.0589. The zero-order valence-electron chi connectivity index (χ0n) is 16.2. The van der Waals surface area contributed by atoms with Crippen molar-refractivity contribution in [3.63, 3.8) is 0 Å². The first kappa shape index (κ1) is 21.2. The Bertz CT molecular complexity index is 1080. The van der Waals surface area contributed by atoms with Gasteiger partial charge in [0.1, 0.15) is 22.5 Å². The van der Waals surface area contributed by atoms with E-state index in [1.807, 2.05) is 0 Å². The van der Waals surface area contributed by atoms with E-state index in [9.17, 15) is 13.2 Å². The molecule has 8 nitrogen and oxygen atoms in total. The number of likely N-dealkylation sites (N-methyl/N-ethyl adjacent to an activating group) is 1. The quantitative estimate of drug-likeness (QED) is 0.517. The number of carbonyl (C=O) groups excluding carboxylic acids is 1. The third-order valence-electron chi connectivity index (χ3n) is 4.45. The minimum atomic E-state index is -3.84. The topological polar surface area (TPSA) is 101 Å². The number of hydrogen-bond acceptors (Lipinski definition) is 8. The molecule has 0 bridgehead atoms. The Morgan fingerprint density at radius 2 is 1.83 bits per heavy atom. The van der Waals surface area contributed by atoms with E-state index in [2.05, 4.69) is 32.2 Å². The van der Waals surface area contributed by atoms with Gasteiger partial charge in [-0.05, 0) is 49.5 Å². The summed E-state index contributed by atoms with van der Waals surface area (Å²) in [5.41, 5.74) is 1.56. The molecule has 29 heavy (non-hydrogen) atoms. The Hall–Kier alpha value is -2.56. The van der Waals surface area contributed by atoms with Crippen LogP contribution < -0.4 is 4.72 Å². The average Bonchev–Trinajstić information content (AvgIpc) is 3.20. The highest BCUT2D eigenvalue weighted by Gasteiger charge is 2.20. The third kappa shape index (κ3) is 5.08. The lowest BCUT2D eigenvalue weighted by molar-refractivity contribution is 0.0466. The molecule has 154 valence electrons. The number of sulfonamides is 1. The first-order chi connectivity index (χ1) is 13.9. The molecule has 0 spiro atoms. The van der Waals surface area contributed by atoms with Gasteiger partial charge in [0.05, 0.1) is 17.3 Å². The smallest absolute Gasteiger partial charge is 0.338 e. The van der Waals surface area contributed by atoms with E-state index < -0.39 is 16.0 Å². The van der Waals surface area contributed by atoms with Gasteiger partial charge in [0.15, 0.2) is 0 Å². The second-order valence-corrected chi connectivity index (χ2v) is 8.41. The molecule has 0 aliphatic carbocycles. The van der Waals surface area contributed by atoms with Crippen molar-refractivity contribution in [2.45, 2.75) is 18.7 Å². The Labute approximate surface area is 173 Å². The molecule has 0 unspecified atom stereocenters. The van der Waals surface area contributed by atoms with E-state index >= 15 is 0 Å². The Morgan fingerprint density at radius 1 is 1.10 bits per heavy atom. The van der Waals surface area contributed by atoms with Crippen LogP contribution in [0.15, 0.2) is 47.4 Å². The normalized spacial score (nSPS) is 11.7. The number of aromatic nitrogens is 2. The van der Waals surface area contributed by atoms with Crippen LogP contribution in [0.1, 0.15) is 24.2 Å². The standard InChI is InChI=1S/C19H22N4O4S2/c1-3-23(4-2)12-13-27-19(24)14-8-10-15(11-9-14)22-29(25,26)17-7-5-6-16-18(17)21-28-20-16/h5-11,22H,3-4,12-13H2,1-2H3. The Kier molecular flexibility index (Phi) is 6.78. The molecule has 0 saturated heterocycles. The van der Waals surface area contributed by atoms with Crippen LogP contribution >= 0.6 is 11.7 Å². The SMILES string of the molecule is CCN(CC)CCOC(=O)c1ccc(NS(=O)(=O)c2cccc3nsnc23)cc1. The summed E-state index contributed by atoms with van der Waals surface area (Å²) in [6, 6.07) is 10.9. The summed E-state index contributed by atoms with van der Waals surface area (Å²) < 4.78 is 41.4. The van der Waals surface area contributed by atoms with Crippen LogP contribution in [0, 0.1) is 0 Å². The van der Waals surface area contributed by atoms with Gasteiger partial charge in [-0.3, -0.25) is 4.72 Å². The first-order valence-electron chi connectivity index (χ1n) is 9.18. The zero-order chi connectivity index (χ0) is 20.9. The van der Waals surface area contributed by atoms with Crippen molar-refractivity contribution in [2.75, 3.05) is 31.0 Å². The Morgan fingerprint density at radius 3 is 2.52 bits per heavy atom. The molecule has 0 saturated carbocycles. The van der Waals surface area contributed by atoms with Gasteiger partial charge in [0.2, 0.25) is 0 Å². The van der Waals surface area contributed by atoms with Gasteiger partial charge >= 0.3 is 5.97 Å². The van der Waals surface area contributed by atoms with E-state index in [-0.39, 0.29) is 4.90 Å². The fraction of sp³-hybridized carbons (Fsp3) is 0.316. The fourth-order valence-electron chi connectivity index (χ4n) is 2.77. The van der Waals surface area contributed by atoms with E-state index in [4.69, 9.17) is 4.74 Å². The monoisotopic (exact) mass is 434 g/mol. The summed E-state index contributed by atoms with van der Waals surface area (Å²) in [4.78, 5) is 14.4. The predicted molar refractivity (Wildman–Crippen MR) is 113 cm³/mol. The van der Waals surface area contributed by atoms with E-state index in [0.29, 0.717) is 35.4 Å². The van der Waals surface area contributed by atoms with Crippen molar-refractivity contribution < 1.29 is 17.9 Å². The van der Waals surface area contributed by atoms with Crippen molar-refractivity contribution in [1.29, 1.82) is 0 Å². The van der Waals surface area contributed by atoms with Crippen molar-refractivity contribution >= 4 is 44.4 Å². The number of benzene rings is 2. The number of anilines is 1. The molecular formula is C19H22N4O4S2. The molecule has 0 amide bonds. The number of carbonyl (C=O) groups is 1. The van der Waals surface area contributed by atoms with Gasteiger partial charge in [-0.25, -0.2) is 13.2 Å². The van der Waals surface area contributed by atoms with Gasteiger partial charge in [0.25, 0.3) is 10.0 Å². The molecule has 1 aromatic heterocycles. The van der Waals surface area contributed by atoms with Crippen LogP contribution in [-0.4, -0.2) is 54.3 Å². The molecule has 2 aromatic carbocycles. The van der Waals surface area contributed by atoms with E-state index in [1.54, 1.807) is 12.1 Å². The summed E-state index contributed by atoms with van der Waals surface area (Å²) in [5, 5.41) is 0. The van der Waals surface area contributed by atoms with Gasteiger partial charge in [0, 0.05) is 12.2 Å². The van der Waals surface area contributed by atoms with Crippen molar-refractivity contribution in [1.82, 2.24) is 13.6 Å². The number of esters is 1. The van der Waals surface area contributed by atoms with Crippen LogP contribution in [0.4, 0.5) is 5.69 Å². The van der Waals surface area contributed by atoms with Crippen LogP contribution in [0.5, 0.6) is 0 Å². The molecule has 1 N–H and O–H groups in total. The molecule has 0 aliphatic heterocycles. The number of hydrogen-bond donors (Lipinski definition) is 1. The van der Waals surface area contributed by atoms with Crippen LogP contribution in [-0.2, 0) is 14.8 Å². The lowest BCUT2D eigenvalue weighted by atomic mass is 10.2. The maximum Gasteiger partial charge on any atom is 0.338 e. The van der Waals surface area contributed by atoms with Gasteiger partial charge in [-0.15, -0.1) is 0 Å². The molecule has 0 radical (unpaired) electrons. The molecule has 0 aliphatic rings. The molecule has 3 rings (SSSR count). The summed E-state index contributed by atoms with van der Waals surface area (Å²) in [5.74, 6) is -0.440. The summed E-state index contributed by atoms with van der Waals surface area (Å²) >= 11 is 0.959. The van der Waals surface area contributed by atoms with Crippen molar-refractivity contribution in [3.8, 4) is 0 Å². The Balaban J connectivity index is 1.66. The molecule has 0 atom stereocenters. The maximum atomic E-state index is 12.7. The fourth-order valence-corrected chi connectivity index (χ4v) is 4.60. The summed E-state index contributed by atoms with van der Waals surface area (Å²) in [6.45, 7) is 6.88. The summed E-state index contributed by atoms with van der Waals surface area (Å²) in [6.07, 6.45) is 0. The zero-order valence-corrected chi connectivity index (χ0v) is 17.8. The summed E-state index contributed by atoms with van der Waals surface area (Å²) in [7, 11) is -3.84. The largest absolute Gasteiger partial charge is 0.461 e. The number of ether oxygens (including phenoxy) is 1. The molecule has 3 aromatic rings. The van der Waals surface area contributed by atoms with Crippen LogP contribution in [0.2, 0.25) is 0 Å². The second kappa shape index (κ2) is 9.29. The first-order valence-corrected chi connectivity index (χ1v) is 11.4. The van der Waals surface area contributed by atoms with E-state index in [0.717, 1.165) is 24.8 Å². The molecular weight excluding hydrogens is 412 g/mol. The minimum Gasteiger partial charge on any atom is -0.461 e. The van der Waals surface area contributed by atoms with Gasteiger partial charge in [-0.2, -0.15) is 8.75 Å². The second-order valence-electron chi connectivity index (χ2n) is 6.23. The number of fused-ring (bicyclic) bond motifs is 1. The number of nitrogens with zero attached hydrogens (tertiary/aromatic N) is 3. The molecule has 1 heterocycles. The van der Waals surface area contributed by atoms with E-state index in [1.165, 1.54) is 30.3 Å². The highest BCUT2D eigenvalue weighted by atomic mass is 32.2. The predicted octanol–water partition coefficient (Wildman–Crippen LogP) is 2.99. The third-order valence-corrected chi connectivity index (χ3v) is 6.40. The highest BCUT2D eigenvalue weighted by Crippen LogP contribution is 2.23. The van der Waals surface area contributed by atoms with Gasteiger partial charge in [-0.1, -0.05) is 19.9 Å². The van der Waals surface area contributed by atoms with Crippen LogP contribution in [0.25, 0.3) is 11.0 Å². The lowest BCUT2D eigenvalue weighted by Gasteiger charge is -2.17. The molecule has 0 fully saturated rings. The molecule has 10 heteroatoms. The van der Waals surface area contributed by atoms with Crippen molar-refractivity contribution in [2.24, 2.45) is 0 Å². The lowest BCUT2D eigenvalue weighted by Crippen LogP contribution is -2.27. The van der Waals surface area contributed by atoms with Gasteiger partial charge < -0.3 is 9.64 Å². The highest BCUT2D eigenvalue weighted by molar-refractivity contribution is 7.93. The number of nitrogens with one attached hydrogen (secondary N) is 1. The average molecular weight is 435 g/mol.